The smallest absolute Gasteiger partial charge is 0.264 e. The summed E-state index contributed by atoms with van der Waals surface area (Å²) in [6, 6.07) is 12.7. The molecule has 0 aliphatic carbocycles. The van der Waals surface area contributed by atoms with Crippen LogP contribution in [-0.4, -0.2) is 32.2 Å². The molecule has 2 aromatic carbocycles. The Morgan fingerprint density at radius 1 is 1.00 bits per heavy atom. The summed E-state index contributed by atoms with van der Waals surface area (Å²) < 4.78 is 16.1. The average Bonchev–Trinajstić information content (AvgIpc) is 3.13. The number of rotatable bonds is 6. The fraction of sp³-hybridized carbons (Fsp3) is 0.200. The molecule has 27 heavy (non-hydrogen) atoms. The molecule has 1 aromatic heterocycles. The first kappa shape index (κ1) is 18.7. The Morgan fingerprint density at radius 2 is 1.63 bits per heavy atom. The van der Waals surface area contributed by atoms with Crippen molar-refractivity contribution in [1.82, 2.24) is 4.98 Å². The molecule has 3 rings (SSSR count). The first-order valence-electron chi connectivity index (χ1n) is 8.20. The van der Waals surface area contributed by atoms with Crippen LogP contribution in [0.4, 0.5) is 10.8 Å². The minimum atomic E-state index is -0.241. The van der Waals surface area contributed by atoms with Crippen molar-refractivity contribution in [3.63, 3.8) is 0 Å². The molecule has 1 heterocycles. The Balaban J connectivity index is 2.12. The molecule has 3 aromatic rings. The molecule has 0 bridgehead atoms. The van der Waals surface area contributed by atoms with Gasteiger partial charge in [-0.15, -0.1) is 11.3 Å². The normalized spacial score (nSPS) is 10.4. The number of carbonyl (C=O) groups excluding carboxylic acids is 1. The Morgan fingerprint density at radius 3 is 2.11 bits per heavy atom. The van der Waals surface area contributed by atoms with Crippen molar-refractivity contribution in [2.24, 2.45) is 0 Å². The van der Waals surface area contributed by atoms with Gasteiger partial charge in [-0.2, -0.15) is 0 Å². The van der Waals surface area contributed by atoms with E-state index in [1.54, 1.807) is 17.0 Å². The largest absolute Gasteiger partial charge is 0.493 e. The van der Waals surface area contributed by atoms with Gasteiger partial charge in [-0.05, 0) is 31.2 Å². The van der Waals surface area contributed by atoms with E-state index in [-0.39, 0.29) is 5.91 Å². The lowest BCUT2D eigenvalue weighted by Gasteiger charge is -2.21. The highest BCUT2D eigenvalue weighted by Crippen LogP contribution is 2.39. The van der Waals surface area contributed by atoms with E-state index in [1.165, 1.54) is 32.7 Å². The SMILES string of the molecule is COc1cc(C(=O)N(c2ccccc2)c2nc(C)cs2)cc(OC)c1OC. The van der Waals surface area contributed by atoms with Gasteiger partial charge in [0, 0.05) is 10.9 Å². The van der Waals surface area contributed by atoms with E-state index in [1.807, 2.05) is 42.6 Å². The van der Waals surface area contributed by atoms with E-state index in [4.69, 9.17) is 14.2 Å². The number of aryl methyl sites for hydroxylation is 1. The van der Waals surface area contributed by atoms with Crippen molar-refractivity contribution in [3.05, 3.63) is 59.1 Å². The second-order valence-corrected chi connectivity index (χ2v) is 6.50. The van der Waals surface area contributed by atoms with Gasteiger partial charge in [-0.3, -0.25) is 9.69 Å². The number of hydrogen-bond donors (Lipinski definition) is 0. The topological polar surface area (TPSA) is 60.9 Å². The highest BCUT2D eigenvalue weighted by Gasteiger charge is 2.25. The van der Waals surface area contributed by atoms with Crippen LogP contribution in [0.1, 0.15) is 16.1 Å². The molecule has 0 unspecified atom stereocenters. The summed E-state index contributed by atoms with van der Waals surface area (Å²) in [4.78, 5) is 19.5. The van der Waals surface area contributed by atoms with Crippen LogP contribution in [0.15, 0.2) is 47.8 Å². The standard InChI is InChI=1S/C20H20N2O4S/c1-13-12-27-20(21-13)22(15-8-6-5-7-9-15)19(23)14-10-16(24-2)18(26-4)17(11-14)25-3/h5-12H,1-4H3. The summed E-state index contributed by atoms with van der Waals surface area (Å²) in [6.07, 6.45) is 0. The highest BCUT2D eigenvalue weighted by molar-refractivity contribution is 7.14. The maximum absolute atomic E-state index is 13.4. The average molecular weight is 384 g/mol. The zero-order chi connectivity index (χ0) is 19.4. The van der Waals surface area contributed by atoms with Gasteiger partial charge >= 0.3 is 0 Å². The summed E-state index contributed by atoms with van der Waals surface area (Å²) in [7, 11) is 4.56. The fourth-order valence-corrected chi connectivity index (χ4v) is 3.49. The number of carbonyl (C=O) groups is 1. The van der Waals surface area contributed by atoms with Crippen molar-refractivity contribution < 1.29 is 19.0 Å². The molecule has 0 aliphatic rings. The summed E-state index contributed by atoms with van der Waals surface area (Å²) in [5.74, 6) is 1.04. The lowest BCUT2D eigenvalue weighted by molar-refractivity contribution is 0.0998. The lowest BCUT2D eigenvalue weighted by atomic mass is 10.1. The van der Waals surface area contributed by atoms with Crippen molar-refractivity contribution in [2.45, 2.75) is 6.92 Å². The van der Waals surface area contributed by atoms with E-state index >= 15 is 0 Å². The second-order valence-electron chi connectivity index (χ2n) is 5.66. The van der Waals surface area contributed by atoms with E-state index in [0.717, 1.165) is 11.4 Å². The molecule has 0 aliphatic heterocycles. The summed E-state index contributed by atoms with van der Waals surface area (Å²) >= 11 is 1.41. The van der Waals surface area contributed by atoms with Crippen LogP contribution >= 0.6 is 11.3 Å². The molecule has 0 saturated carbocycles. The zero-order valence-corrected chi connectivity index (χ0v) is 16.4. The van der Waals surface area contributed by atoms with Crippen molar-refractivity contribution in [3.8, 4) is 17.2 Å². The molecule has 7 heteroatoms. The molecule has 0 atom stereocenters. The number of ether oxygens (including phenoxy) is 3. The number of benzene rings is 2. The third kappa shape index (κ3) is 3.73. The molecular formula is C20H20N2O4S. The quantitative estimate of drug-likeness (QED) is 0.628. The van der Waals surface area contributed by atoms with E-state index in [9.17, 15) is 4.79 Å². The molecule has 0 spiro atoms. The van der Waals surface area contributed by atoms with Crippen LogP contribution in [0.25, 0.3) is 0 Å². The minimum absolute atomic E-state index is 0.241. The number of nitrogens with zero attached hydrogens (tertiary/aromatic N) is 2. The molecule has 6 nitrogen and oxygen atoms in total. The lowest BCUT2D eigenvalue weighted by Crippen LogP contribution is -2.26. The van der Waals surface area contributed by atoms with Crippen LogP contribution in [0.5, 0.6) is 17.2 Å². The summed E-state index contributed by atoms with van der Waals surface area (Å²) in [5, 5.41) is 2.51. The van der Waals surface area contributed by atoms with E-state index in [2.05, 4.69) is 4.98 Å². The number of thiazole rings is 1. The maximum Gasteiger partial charge on any atom is 0.264 e. The van der Waals surface area contributed by atoms with Gasteiger partial charge < -0.3 is 14.2 Å². The van der Waals surface area contributed by atoms with Gasteiger partial charge in [0.15, 0.2) is 16.6 Å². The Kier molecular flexibility index (Phi) is 5.61. The second kappa shape index (κ2) is 8.09. The zero-order valence-electron chi connectivity index (χ0n) is 15.6. The molecule has 1 amide bonds. The molecule has 0 radical (unpaired) electrons. The van der Waals surface area contributed by atoms with Gasteiger partial charge in [0.25, 0.3) is 5.91 Å². The molecule has 140 valence electrons. The third-order valence-electron chi connectivity index (χ3n) is 3.93. The summed E-state index contributed by atoms with van der Waals surface area (Å²) in [5.41, 5.74) is 1.99. The van der Waals surface area contributed by atoms with Gasteiger partial charge in [0.2, 0.25) is 5.75 Å². The van der Waals surface area contributed by atoms with Gasteiger partial charge in [0.05, 0.1) is 32.7 Å². The predicted molar refractivity (Wildman–Crippen MR) is 106 cm³/mol. The maximum atomic E-state index is 13.4. The van der Waals surface area contributed by atoms with Gasteiger partial charge in [-0.25, -0.2) is 4.98 Å². The molecule has 0 N–H and O–H groups in total. The van der Waals surface area contributed by atoms with Gasteiger partial charge in [0.1, 0.15) is 0 Å². The van der Waals surface area contributed by atoms with Crippen LogP contribution in [0.2, 0.25) is 0 Å². The number of aromatic nitrogens is 1. The number of para-hydroxylation sites is 1. The molecule has 0 saturated heterocycles. The Labute approximate surface area is 161 Å². The first-order chi connectivity index (χ1) is 13.1. The number of anilines is 2. The van der Waals surface area contributed by atoms with Crippen molar-refractivity contribution in [2.75, 3.05) is 26.2 Å². The Hall–Kier alpha value is -3.06. The van der Waals surface area contributed by atoms with E-state index < -0.39 is 0 Å². The van der Waals surface area contributed by atoms with Crippen LogP contribution in [-0.2, 0) is 0 Å². The predicted octanol–water partition coefficient (Wildman–Crippen LogP) is 4.46. The van der Waals surface area contributed by atoms with Gasteiger partial charge in [-0.1, -0.05) is 18.2 Å². The van der Waals surface area contributed by atoms with E-state index in [0.29, 0.717) is 27.9 Å². The Bertz CT molecular complexity index is 915. The molecule has 0 fully saturated rings. The first-order valence-corrected chi connectivity index (χ1v) is 9.08. The fourth-order valence-electron chi connectivity index (χ4n) is 2.67. The number of hydrogen-bond acceptors (Lipinski definition) is 6. The highest BCUT2D eigenvalue weighted by atomic mass is 32.1. The van der Waals surface area contributed by atoms with Crippen LogP contribution in [0, 0.1) is 6.92 Å². The third-order valence-corrected chi connectivity index (χ3v) is 4.87. The number of amides is 1. The van der Waals surface area contributed by atoms with Crippen LogP contribution in [0.3, 0.4) is 0 Å². The monoisotopic (exact) mass is 384 g/mol. The van der Waals surface area contributed by atoms with Crippen molar-refractivity contribution in [1.29, 1.82) is 0 Å². The summed E-state index contributed by atoms with van der Waals surface area (Å²) in [6.45, 7) is 1.90. The van der Waals surface area contributed by atoms with Crippen LogP contribution < -0.4 is 19.1 Å². The van der Waals surface area contributed by atoms with Crippen molar-refractivity contribution >= 4 is 28.1 Å². The molecular weight excluding hydrogens is 364 g/mol. The number of methoxy groups -OCH3 is 3. The minimum Gasteiger partial charge on any atom is -0.493 e.